The third-order valence-electron chi connectivity index (χ3n) is 3.66. The van der Waals surface area contributed by atoms with Crippen LogP contribution in [0, 0.1) is 0 Å². The molecule has 0 radical (unpaired) electrons. The number of ketones is 2. The van der Waals surface area contributed by atoms with Crippen LogP contribution in [0.4, 0.5) is 0 Å². The molecule has 0 saturated heterocycles. The molecule has 2 aromatic carbocycles. The molecule has 0 heterocycles. The van der Waals surface area contributed by atoms with Gasteiger partial charge in [-0.25, -0.2) is 0 Å². The molecule has 2 aromatic rings. The first-order valence-electron chi connectivity index (χ1n) is 7.23. The van der Waals surface area contributed by atoms with Crippen LogP contribution in [-0.4, -0.2) is 24.1 Å². The molecule has 4 nitrogen and oxygen atoms in total. The highest BCUT2D eigenvalue weighted by Crippen LogP contribution is 2.23. The second-order valence-electron chi connectivity index (χ2n) is 5.20. The van der Waals surface area contributed by atoms with Crippen molar-refractivity contribution in [3.8, 4) is 0 Å². The van der Waals surface area contributed by atoms with Gasteiger partial charge in [-0.1, -0.05) is 54.6 Å². The van der Waals surface area contributed by atoms with Crippen LogP contribution in [0.2, 0.25) is 0 Å². The summed E-state index contributed by atoms with van der Waals surface area (Å²) in [6.45, 7) is -0.285. The van der Waals surface area contributed by atoms with Gasteiger partial charge in [0.1, 0.15) is 0 Å². The van der Waals surface area contributed by atoms with Crippen LogP contribution in [0.3, 0.4) is 0 Å². The van der Waals surface area contributed by atoms with Gasteiger partial charge in [-0.15, -0.1) is 0 Å². The quantitative estimate of drug-likeness (QED) is 0.629. The molecule has 0 aromatic heterocycles. The van der Waals surface area contributed by atoms with E-state index in [0.29, 0.717) is 11.1 Å². The van der Waals surface area contributed by atoms with Crippen LogP contribution in [0.5, 0.6) is 0 Å². The molecule has 0 N–H and O–H groups in total. The number of Topliss-reactive ketones (excluding diaryl/α,β-unsaturated/α-hetero) is 1. The average Bonchev–Trinajstić information content (AvgIpc) is 2.96. The first kappa shape index (κ1) is 14.9. The normalized spacial score (nSPS) is 12.1. The summed E-state index contributed by atoms with van der Waals surface area (Å²) >= 11 is 0. The summed E-state index contributed by atoms with van der Waals surface area (Å²) in [6.07, 6.45) is 3.22. The number of ether oxygens (including phenoxy) is 1. The fourth-order valence-corrected chi connectivity index (χ4v) is 2.49. The minimum atomic E-state index is -0.490. The molecule has 1 aliphatic rings. The molecule has 0 fully saturated rings. The summed E-state index contributed by atoms with van der Waals surface area (Å²) in [7, 11) is 0. The Morgan fingerprint density at radius 2 is 1.70 bits per heavy atom. The zero-order valence-corrected chi connectivity index (χ0v) is 12.3. The third kappa shape index (κ3) is 3.26. The van der Waals surface area contributed by atoms with Gasteiger partial charge in [0.05, 0.1) is 6.42 Å². The fraction of sp³-hybridized carbons (Fsp3) is 0.105. The van der Waals surface area contributed by atoms with Crippen LogP contribution < -0.4 is 0 Å². The standard InChI is InChI=1S/C19H14O4/c20-17-10-9-15-14(7-4-8-16(15)17)11-19(22)23-12-18(21)13-5-2-1-3-6-13/h1-10H,11-12H2. The van der Waals surface area contributed by atoms with Gasteiger partial charge in [0.2, 0.25) is 0 Å². The lowest BCUT2D eigenvalue weighted by Gasteiger charge is -2.07. The van der Waals surface area contributed by atoms with Crippen molar-refractivity contribution in [2.24, 2.45) is 0 Å². The number of hydrogen-bond donors (Lipinski definition) is 0. The summed E-state index contributed by atoms with van der Waals surface area (Å²) in [5.41, 5.74) is 2.58. The van der Waals surface area contributed by atoms with Gasteiger partial charge in [-0.05, 0) is 17.2 Å². The van der Waals surface area contributed by atoms with E-state index in [1.807, 2.05) is 6.07 Å². The number of benzene rings is 2. The van der Waals surface area contributed by atoms with E-state index in [-0.39, 0.29) is 24.6 Å². The molecular weight excluding hydrogens is 292 g/mol. The van der Waals surface area contributed by atoms with Crippen molar-refractivity contribution in [2.75, 3.05) is 6.61 Å². The molecule has 0 atom stereocenters. The maximum Gasteiger partial charge on any atom is 0.310 e. The van der Waals surface area contributed by atoms with Crippen molar-refractivity contribution < 1.29 is 19.1 Å². The Morgan fingerprint density at radius 1 is 0.913 bits per heavy atom. The van der Waals surface area contributed by atoms with E-state index in [4.69, 9.17) is 4.74 Å². The number of allylic oxidation sites excluding steroid dienone is 1. The minimum absolute atomic E-state index is 0.0306. The molecule has 3 rings (SSSR count). The number of esters is 1. The molecule has 4 heteroatoms. The van der Waals surface area contributed by atoms with E-state index in [2.05, 4.69) is 0 Å². The highest BCUT2D eigenvalue weighted by Gasteiger charge is 2.18. The zero-order chi connectivity index (χ0) is 16.2. The van der Waals surface area contributed by atoms with E-state index in [0.717, 1.165) is 11.1 Å². The van der Waals surface area contributed by atoms with Crippen LogP contribution in [0.15, 0.2) is 54.6 Å². The van der Waals surface area contributed by atoms with Crippen LogP contribution in [0.25, 0.3) is 6.08 Å². The van der Waals surface area contributed by atoms with E-state index >= 15 is 0 Å². The Bertz CT molecular complexity index is 803. The molecule has 0 spiro atoms. The number of rotatable bonds is 5. The van der Waals surface area contributed by atoms with E-state index < -0.39 is 5.97 Å². The third-order valence-corrected chi connectivity index (χ3v) is 3.66. The monoisotopic (exact) mass is 306 g/mol. The molecule has 0 bridgehead atoms. The Morgan fingerprint density at radius 3 is 2.48 bits per heavy atom. The van der Waals surface area contributed by atoms with Gasteiger partial charge in [-0.3, -0.25) is 14.4 Å². The van der Waals surface area contributed by atoms with E-state index in [1.54, 1.807) is 48.5 Å². The molecule has 0 aliphatic heterocycles. The molecule has 1 aliphatic carbocycles. The lowest BCUT2D eigenvalue weighted by Crippen LogP contribution is -2.16. The summed E-state index contributed by atoms with van der Waals surface area (Å²) in [4.78, 5) is 35.5. The van der Waals surface area contributed by atoms with Gasteiger partial charge >= 0.3 is 5.97 Å². The Balaban J connectivity index is 1.62. The van der Waals surface area contributed by atoms with Gasteiger partial charge in [0.15, 0.2) is 18.2 Å². The first-order valence-corrected chi connectivity index (χ1v) is 7.23. The van der Waals surface area contributed by atoms with Gasteiger partial charge < -0.3 is 4.74 Å². The van der Waals surface area contributed by atoms with Gasteiger partial charge in [-0.2, -0.15) is 0 Å². The molecule has 0 unspecified atom stereocenters. The number of carbonyl (C=O) groups is 3. The smallest absolute Gasteiger partial charge is 0.310 e. The topological polar surface area (TPSA) is 60.4 Å². The molecule has 0 saturated carbocycles. The zero-order valence-electron chi connectivity index (χ0n) is 12.3. The second-order valence-corrected chi connectivity index (χ2v) is 5.20. The Hall–Kier alpha value is -3.01. The van der Waals surface area contributed by atoms with Crippen molar-refractivity contribution >= 4 is 23.6 Å². The lowest BCUT2D eigenvalue weighted by atomic mass is 10.0. The van der Waals surface area contributed by atoms with Crippen molar-refractivity contribution in [3.63, 3.8) is 0 Å². The van der Waals surface area contributed by atoms with Crippen LogP contribution >= 0.6 is 0 Å². The molecule has 23 heavy (non-hydrogen) atoms. The van der Waals surface area contributed by atoms with Crippen molar-refractivity contribution in [2.45, 2.75) is 6.42 Å². The number of fused-ring (bicyclic) bond motifs is 1. The summed E-state index contributed by atoms with van der Waals surface area (Å²) in [5, 5.41) is 0. The maximum absolute atomic E-state index is 11.9. The maximum atomic E-state index is 11.9. The summed E-state index contributed by atoms with van der Waals surface area (Å²) in [5.74, 6) is -0.794. The first-order chi connectivity index (χ1) is 11.1. The van der Waals surface area contributed by atoms with Crippen LogP contribution in [0.1, 0.15) is 31.8 Å². The summed E-state index contributed by atoms with van der Waals surface area (Å²) < 4.78 is 5.05. The van der Waals surface area contributed by atoms with Crippen LogP contribution in [-0.2, 0) is 16.0 Å². The highest BCUT2D eigenvalue weighted by molar-refractivity contribution is 6.14. The van der Waals surface area contributed by atoms with Crippen molar-refractivity contribution in [3.05, 3.63) is 76.9 Å². The van der Waals surface area contributed by atoms with Gasteiger partial charge in [0.25, 0.3) is 0 Å². The van der Waals surface area contributed by atoms with E-state index in [9.17, 15) is 14.4 Å². The summed E-state index contributed by atoms with van der Waals surface area (Å²) in [6, 6.07) is 13.9. The Labute approximate surface area is 133 Å². The molecular formula is C19H14O4. The number of hydrogen-bond acceptors (Lipinski definition) is 4. The Kier molecular flexibility index (Phi) is 4.15. The van der Waals surface area contributed by atoms with Crippen molar-refractivity contribution in [1.29, 1.82) is 0 Å². The largest absolute Gasteiger partial charge is 0.457 e. The average molecular weight is 306 g/mol. The number of carbonyl (C=O) groups excluding carboxylic acids is 3. The predicted molar refractivity (Wildman–Crippen MR) is 85.2 cm³/mol. The SMILES string of the molecule is O=C(Cc1cccc2c1C=CC2=O)OCC(=O)c1ccccc1. The fourth-order valence-electron chi connectivity index (χ4n) is 2.49. The van der Waals surface area contributed by atoms with E-state index in [1.165, 1.54) is 6.08 Å². The molecule has 0 amide bonds. The molecule has 114 valence electrons. The van der Waals surface area contributed by atoms with Gasteiger partial charge in [0, 0.05) is 11.1 Å². The predicted octanol–water partition coefficient (Wildman–Crippen LogP) is 2.86. The minimum Gasteiger partial charge on any atom is -0.457 e. The second kappa shape index (κ2) is 6.40. The highest BCUT2D eigenvalue weighted by atomic mass is 16.5. The van der Waals surface area contributed by atoms with Crippen molar-refractivity contribution in [1.82, 2.24) is 0 Å². The lowest BCUT2D eigenvalue weighted by molar-refractivity contribution is -0.141.